The fourth-order valence-electron chi connectivity index (χ4n) is 2.42. The maximum absolute atomic E-state index is 12.4. The minimum atomic E-state index is -0.669. The average Bonchev–Trinajstić information content (AvgIpc) is 2.68. The van der Waals surface area contributed by atoms with Gasteiger partial charge in [-0.25, -0.2) is 4.79 Å². The van der Waals surface area contributed by atoms with Crippen molar-refractivity contribution in [1.82, 2.24) is 0 Å². The summed E-state index contributed by atoms with van der Waals surface area (Å²) in [6.45, 7) is 6.20. The Labute approximate surface area is 160 Å². The molecule has 27 heavy (non-hydrogen) atoms. The maximum atomic E-state index is 12.4. The second-order valence-electron chi connectivity index (χ2n) is 6.32. The number of unbranched alkanes of at least 4 members (excludes halogenated alkanes) is 1. The summed E-state index contributed by atoms with van der Waals surface area (Å²) in [5.74, 6) is -0.0333. The minimum absolute atomic E-state index is 0.286. The molecule has 2 aromatic carbocycles. The van der Waals surface area contributed by atoms with Crippen molar-refractivity contribution in [3.63, 3.8) is 0 Å². The summed E-state index contributed by atoms with van der Waals surface area (Å²) in [6.07, 6.45) is 2.07. The van der Waals surface area contributed by atoms with E-state index in [9.17, 15) is 9.59 Å². The van der Waals surface area contributed by atoms with Crippen molar-refractivity contribution in [3.8, 4) is 5.75 Å². The summed E-state index contributed by atoms with van der Waals surface area (Å²) in [6, 6.07) is 14.4. The van der Waals surface area contributed by atoms with Gasteiger partial charge in [-0.2, -0.15) is 0 Å². The summed E-state index contributed by atoms with van der Waals surface area (Å²) in [5.41, 5.74) is 2.15. The van der Waals surface area contributed by atoms with Gasteiger partial charge in [-0.3, -0.25) is 4.79 Å². The molecule has 1 unspecified atom stereocenters. The van der Waals surface area contributed by atoms with E-state index >= 15 is 0 Å². The quantitative estimate of drug-likeness (QED) is 0.518. The second kappa shape index (κ2) is 10.4. The SMILES string of the molecule is CCCCOC(=O)c1cccc(NC(=O)C(C)Oc2ccc(CC)cc2)c1. The number of carbonyl (C=O) groups excluding carboxylic acids is 2. The van der Waals surface area contributed by atoms with Gasteiger partial charge < -0.3 is 14.8 Å². The van der Waals surface area contributed by atoms with E-state index in [1.807, 2.05) is 31.2 Å². The van der Waals surface area contributed by atoms with Crippen LogP contribution < -0.4 is 10.1 Å². The van der Waals surface area contributed by atoms with Crippen molar-refractivity contribution >= 4 is 17.6 Å². The summed E-state index contributed by atoms with van der Waals surface area (Å²) >= 11 is 0. The molecule has 144 valence electrons. The third-order valence-electron chi connectivity index (χ3n) is 4.11. The largest absolute Gasteiger partial charge is 0.481 e. The Bertz CT molecular complexity index is 755. The Morgan fingerprint density at radius 1 is 1.07 bits per heavy atom. The summed E-state index contributed by atoms with van der Waals surface area (Å²) in [7, 11) is 0. The molecule has 5 heteroatoms. The van der Waals surface area contributed by atoms with Crippen molar-refractivity contribution in [2.75, 3.05) is 11.9 Å². The van der Waals surface area contributed by atoms with Gasteiger partial charge in [0.2, 0.25) is 0 Å². The molecule has 0 saturated carbocycles. The predicted molar refractivity (Wildman–Crippen MR) is 106 cm³/mol. The molecule has 1 N–H and O–H groups in total. The van der Waals surface area contributed by atoms with Crippen molar-refractivity contribution in [3.05, 3.63) is 59.7 Å². The van der Waals surface area contributed by atoms with E-state index in [2.05, 4.69) is 12.2 Å². The highest BCUT2D eigenvalue weighted by atomic mass is 16.5. The number of amides is 1. The Hall–Kier alpha value is -2.82. The molecule has 0 spiro atoms. The number of anilines is 1. The monoisotopic (exact) mass is 369 g/mol. The third kappa shape index (κ3) is 6.44. The van der Waals surface area contributed by atoms with Crippen LogP contribution >= 0.6 is 0 Å². The average molecular weight is 369 g/mol. The molecule has 0 bridgehead atoms. The van der Waals surface area contributed by atoms with Gasteiger partial charge in [-0.05, 0) is 55.7 Å². The van der Waals surface area contributed by atoms with Crippen LogP contribution in [0.3, 0.4) is 0 Å². The van der Waals surface area contributed by atoms with Gasteiger partial charge in [-0.15, -0.1) is 0 Å². The molecule has 0 heterocycles. The number of carbonyl (C=O) groups is 2. The van der Waals surface area contributed by atoms with Gasteiger partial charge in [0.25, 0.3) is 5.91 Å². The Balaban J connectivity index is 1.93. The Morgan fingerprint density at radius 3 is 2.48 bits per heavy atom. The van der Waals surface area contributed by atoms with E-state index in [4.69, 9.17) is 9.47 Å². The van der Waals surface area contributed by atoms with Crippen LogP contribution in [-0.4, -0.2) is 24.6 Å². The highest BCUT2D eigenvalue weighted by molar-refractivity contribution is 5.96. The topological polar surface area (TPSA) is 64.6 Å². The smallest absolute Gasteiger partial charge is 0.338 e. The predicted octanol–water partition coefficient (Wildman–Crippen LogP) is 4.61. The van der Waals surface area contributed by atoms with Crippen LogP contribution in [0, 0.1) is 0 Å². The Morgan fingerprint density at radius 2 is 1.81 bits per heavy atom. The first-order chi connectivity index (χ1) is 13.0. The first-order valence-electron chi connectivity index (χ1n) is 9.37. The van der Waals surface area contributed by atoms with Crippen molar-refractivity contribution < 1.29 is 19.1 Å². The van der Waals surface area contributed by atoms with E-state index in [-0.39, 0.29) is 11.9 Å². The molecular formula is C22H27NO4. The summed E-state index contributed by atoms with van der Waals surface area (Å²) < 4.78 is 10.9. The number of nitrogens with one attached hydrogen (secondary N) is 1. The number of benzene rings is 2. The molecule has 0 aromatic heterocycles. The van der Waals surface area contributed by atoms with Crippen LogP contribution in [0.2, 0.25) is 0 Å². The fraction of sp³-hybridized carbons (Fsp3) is 0.364. The summed E-state index contributed by atoms with van der Waals surface area (Å²) in [5, 5.41) is 2.78. The van der Waals surface area contributed by atoms with Gasteiger partial charge in [0.15, 0.2) is 6.10 Å². The molecular weight excluding hydrogens is 342 g/mol. The lowest BCUT2D eigenvalue weighted by molar-refractivity contribution is -0.122. The zero-order valence-electron chi connectivity index (χ0n) is 16.2. The zero-order chi connectivity index (χ0) is 19.6. The number of hydrogen-bond acceptors (Lipinski definition) is 4. The lowest BCUT2D eigenvalue weighted by Gasteiger charge is -2.15. The van der Waals surface area contributed by atoms with Crippen LogP contribution in [0.15, 0.2) is 48.5 Å². The Kier molecular flexibility index (Phi) is 7.86. The number of rotatable bonds is 9. The molecule has 1 atom stereocenters. The number of esters is 1. The minimum Gasteiger partial charge on any atom is -0.481 e. The number of hydrogen-bond donors (Lipinski definition) is 1. The zero-order valence-corrected chi connectivity index (χ0v) is 16.2. The van der Waals surface area contributed by atoms with E-state index in [0.717, 1.165) is 19.3 Å². The lowest BCUT2D eigenvalue weighted by Crippen LogP contribution is -2.30. The van der Waals surface area contributed by atoms with Gasteiger partial charge in [0.05, 0.1) is 12.2 Å². The van der Waals surface area contributed by atoms with E-state index in [1.54, 1.807) is 31.2 Å². The van der Waals surface area contributed by atoms with Gasteiger partial charge in [0.1, 0.15) is 5.75 Å². The van der Waals surface area contributed by atoms with Crippen LogP contribution in [-0.2, 0) is 16.0 Å². The highest BCUT2D eigenvalue weighted by Gasteiger charge is 2.16. The molecule has 0 saturated heterocycles. The molecule has 0 fully saturated rings. The van der Waals surface area contributed by atoms with E-state index in [1.165, 1.54) is 5.56 Å². The van der Waals surface area contributed by atoms with Crippen LogP contribution in [0.1, 0.15) is 49.5 Å². The molecule has 2 rings (SSSR count). The lowest BCUT2D eigenvalue weighted by atomic mass is 10.2. The fourth-order valence-corrected chi connectivity index (χ4v) is 2.42. The number of ether oxygens (including phenoxy) is 2. The first-order valence-corrected chi connectivity index (χ1v) is 9.37. The maximum Gasteiger partial charge on any atom is 0.338 e. The molecule has 0 aliphatic carbocycles. The molecule has 1 amide bonds. The van der Waals surface area contributed by atoms with E-state index < -0.39 is 6.10 Å². The number of aryl methyl sites for hydroxylation is 1. The molecule has 5 nitrogen and oxygen atoms in total. The third-order valence-corrected chi connectivity index (χ3v) is 4.11. The molecule has 0 radical (unpaired) electrons. The standard InChI is InChI=1S/C22H27NO4/c1-4-6-14-26-22(25)18-8-7-9-19(15-18)23-21(24)16(3)27-20-12-10-17(5-2)11-13-20/h7-13,15-16H,4-6,14H2,1-3H3,(H,23,24). The van der Waals surface area contributed by atoms with Crippen LogP contribution in [0.25, 0.3) is 0 Å². The normalized spacial score (nSPS) is 11.5. The first kappa shape index (κ1) is 20.5. The molecule has 0 aliphatic rings. The van der Waals surface area contributed by atoms with E-state index in [0.29, 0.717) is 23.6 Å². The van der Waals surface area contributed by atoms with Crippen molar-refractivity contribution in [2.45, 2.75) is 46.1 Å². The van der Waals surface area contributed by atoms with Crippen molar-refractivity contribution in [1.29, 1.82) is 0 Å². The van der Waals surface area contributed by atoms with Crippen LogP contribution in [0.4, 0.5) is 5.69 Å². The summed E-state index contributed by atoms with van der Waals surface area (Å²) in [4.78, 5) is 24.4. The van der Waals surface area contributed by atoms with Crippen LogP contribution in [0.5, 0.6) is 5.75 Å². The molecule has 0 aliphatic heterocycles. The second-order valence-corrected chi connectivity index (χ2v) is 6.32. The van der Waals surface area contributed by atoms with Crippen molar-refractivity contribution in [2.24, 2.45) is 0 Å². The highest BCUT2D eigenvalue weighted by Crippen LogP contribution is 2.16. The van der Waals surface area contributed by atoms with Gasteiger partial charge >= 0.3 is 5.97 Å². The molecule has 2 aromatic rings. The van der Waals surface area contributed by atoms with Gasteiger partial charge in [-0.1, -0.05) is 38.5 Å². The van der Waals surface area contributed by atoms with Gasteiger partial charge in [0, 0.05) is 5.69 Å².